The standard InChI is InChI=1S/C18H21ClN4O2/c1-12-10-17(24)22-16(21-12)6-7-20-18(25)13-4-5-15(14(19)11-13)23-8-2-3-9-23/h4-5,10-11H,2-3,6-9H2,1H3,(H,20,25)(H,21,22,24). The predicted octanol–water partition coefficient (Wildman–Crippen LogP) is 2.30. The van der Waals surface area contributed by atoms with Crippen LogP contribution >= 0.6 is 11.6 Å². The summed E-state index contributed by atoms with van der Waals surface area (Å²) in [6.07, 6.45) is 2.81. The summed E-state index contributed by atoms with van der Waals surface area (Å²) in [5, 5.41) is 3.43. The van der Waals surface area contributed by atoms with Gasteiger partial charge in [-0.2, -0.15) is 0 Å². The molecule has 6 nitrogen and oxygen atoms in total. The second-order valence-corrected chi connectivity index (χ2v) is 6.61. The van der Waals surface area contributed by atoms with Crippen molar-refractivity contribution in [2.24, 2.45) is 0 Å². The van der Waals surface area contributed by atoms with Crippen molar-refractivity contribution >= 4 is 23.2 Å². The number of rotatable bonds is 5. The number of benzene rings is 1. The molecule has 0 bridgehead atoms. The zero-order valence-corrected chi connectivity index (χ0v) is 14.9. The second kappa shape index (κ2) is 7.70. The first kappa shape index (κ1) is 17.5. The van der Waals surface area contributed by atoms with Crippen LogP contribution in [0.4, 0.5) is 5.69 Å². The Morgan fingerprint density at radius 2 is 2.08 bits per heavy atom. The highest BCUT2D eigenvalue weighted by Crippen LogP contribution is 2.29. The molecule has 2 heterocycles. The Bertz CT molecular complexity index is 828. The molecule has 0 saturated carbocycles. The van der Waals surface area contributed by atoms with Crippen LogP contribution in [0.1, 0.15) is 34.7 Å². The van der Waals surface area contributed by atoms with Gasteiger partial charge < -0.3 is 15.2 Å². The summed E-state index contributed by atoms with van der Waals surface area (Å²) in [4.78, 5) is 32.8. The lowest BCUT2D eigenvalue weighted by atomic mass is 10.2. The van der Waals surface area contributed by atoms with Crippen molar-refractivity contribution < 1.29 is 4.79 Å². The number of nitrogens with zero attached hydrogens (tertiary/aromatic N) is 2. The van der Waals surface area contributed by atoms with Crippen molar-refractivity contribution in [1.82, 2.24) is 15.3 Å². The lowest BCUT2D eigenvalue weighted by Gasteiger charge is -2.19. The van der Waals surface area contributed by atoms with Crippen LogP contribution in [0.15, 0.2) is 29.1 Å². The average molecular weight is 361 g/mol. The third-order valence-electron chi connectivity index (χ3n) is 4.22. The molecule has 1 aliphatic rings. The van der Waals surface area contributed by atoms with Crippen LogP contribution < -0.4 is 15.8 Å². The molecule has 1 aromatic heterocycles. The third kappa shape index (κ3) is 4.39. The van der Waals surface area contributed by atoms with E-state index in [4.69, 9.17) is 11.6 Å². The molecule has 2 N–H and O–H groups in total. The maximum atomic E-state index is 12.3. The van der Waals surface area contributed by atoms with Gasteiger partial charge in [-0.25, -0.2) is 4.98 Å². The lowest BCUT2D eigenvalue weighted by Crippen LogP contribution is -2.27. The second-order valence-electron chi connectivity index (χ2n) is 6.20. The molecule has 1 aromatic carbocycles. The fourth-order valence-electron chi connectivity index (χ4n) is 3.02. The third-order valence-corrected chi connectivity index (χ3v) is 4.53. The molecule has 0 unspecified atom stereocenters. The zero-order chi connectivity index (χ0) is 17.8. The molecule has 0 aliphatic carbocycles. The van der Waals surface area contributed by atoms with Crippen LogP contribution in [0.2, 0.25) is 5.02 Å². The number of amides is 1. The molecule has 7 heteroatoms. The Kier molecular flexibility index (Phi) is 5.38. The minimum Gasteiger partial charge on any atom is -0.370 e. The maximum Gasteiger partial charge on any atom is 0.251 e. The van der Waals surface area contributed by atoms with Crippen LogP contribution in [-0.2, 0) is 6.42 Å². The van der Waals surface area contributed by atoms with E-state index in [0.29, 0.717) is 35.1 Å². The van der Waals surface area contributed by atoms with E-state index in [2.05, 4.69) is 20.2 Å². The van der Waals surface area contributed by atoms with Crippen LogP contribution in [0.5, 0.6) is 0 Å². The van der Waals surface area contributed by atoms with Crippen molar-refractivity contribution in [3.8, 4) is 0 Å². The summed E-state index contributed by atoms with van der Waals surface area (Å²) in [5.41, 5.74) is 1.99. The Labute approximate surface area is 151 Å². The van der Waals surface area contributed by atoms with Gasteiger partial charge in [-0.15, -0.1) is 0 Å². The van der Waals surface area contributed by atoms with Crippen molar-refractivity contribution in [1.29, 1.82) is 0 Å². The molecule has 3 rings (SSSR count). The Morgan fingerprint density at radius 3 is 2.76 bits per heavy atom. The minimum absolute atomic E-state index is 0.182. The van der Waals surface area contributed by atoms with Gasteiger partial charge in [0.25, 0.3) is 11.5 Å². The number of carbonyl (C=O) groups excluding carboxylic acids is 1. The molecule has 1 fully saturated rings. The Morgan fingerprint density at radius 1 is 1.32 bits per heavy atom. The quantitative estimate of drug-likeness (QED) is 0.857. The number of nitrogens with one attached hydrogen (secondary N) is 2. The smallest absolute Gasteiger partial charge is 0.251 e. The molecule has 0 radical (unpaired) electrons. The van der Waals surface area contributed by atoms with E-state index in [1.54, 1.807) is 19.1 Å². The first-order valence-corrected chi connectivity index (χ1v) is 8.80. The molecular formula is C18H21ClN4O2. The molecular weight excluding hydrogens is 340 g/mol. The van der Waals surface area contributed by atoms with Gasteiger partial charge in [0.2, 0.25) is 0 Å². The Hall–Kier alpha value is -2.34. The first-order chi connectivity index (χ1) is 12.0. The van der Waals surface area contributed by atoms with E-state index in [9.17, 15) is 9.59 Å². The van der Waals surface area contributed by atoms with Crippen molar-refractivity contribution in [2.75, 3.05) is 24.5 Å². The summed E-state index contributed by atoms with van der Waals surface area (Å²) in [5.74, 6) is 0.373. The van der Waals surface area contributed by atoms with E-state index in [-0.39, 0.29) is 11.5 Å². The fraction of sp³-hybridized carbons (Fsp3) is 0.389. The lowest BCUT2D eigenvalue weighted by molar-refractivity contribution is 0.0954. The van der Waals surface area contributed by atoms with E-state index >= 15 is 0 Å². The molecule has 2 aromatic rings. The molecule has 1 aliphatic heterocycles. The molecule has 1 amide bonds. The predicted molar refractivity (Wildman–Crippen MR) is 98.5 cm³/mol. The number of hydrogen-bond donors (Lipinski definition) is 2. The summed E-state index contributed by atoms with van der Waals surface area (Å²) in [6.45, 7) is 4.16. The highest BCUT2D eigenvalue weighted by molar-refractivity contribution is 6.33. The SMILES string of the molecule is Cc1cc(=O)[nH]c(CCNC(=O)c2ccc(N3CCCC3)c(Cl)c2)n1. The highest BCUT2D eigenvalue weighted by Gasteiger charge is 2.16. The van der Waals surface area contributed by atoms with Crippen LogP contribution in [0.3, 0.4) is 0 Å². The number of H-pyrrole nitrogens is 1. The largest absolute Gasteiger partial charge is 0.370 e. The van der Waals surface area contributed by atoms with Gasteiger partial charge in [-0.05, 0) is 38.0 Å². The number of aromatic amines is 1. The normalized spacial score (nSPS) is 13.9. The summed E-state index contributed by atoms with van der Waals surface area (Å²) in [6, 6.07) is 6.84. The molecule has 1 saturated heterocycles. The van der Waals surface area contributed by atoms with Crippen LogP contribution in [0, 0.1) is 6.92 Å². The van der Waals surface area contributed by atoms with E-state index in [1.165, 1.54) is 18.9 Å². The number of aryl methyl sites for hydroxylation is 1. The van der Waals surface area contributed by atoms with Gasteiger partial charge in [0.15, 0.2) is 0 Å². The average Bonchev–Trinajstić information content (AvgIpc) is 3.08. The van der Waals surface area contributed by atoms with E-state index in [1.807, 2.05) is 6.07 Å². The fourth-order valence-corrected chi connectivity index (χ4v) is 3.32. The van der Waals surface area contributed by atoms with Crippen molar-refractivity contribution in [2.45, 2.75) is 26.2 Å². The van der Waals surface area contributed by atoms with Gasteiger partial charge in [-0.3, -0.25) is 9.59 Å². The maximum absolute atomic E-state index is 12.3. The van der Waals surface area contributed by atoms with E-state index < -0.39 is 0 Å². The number of anilines is 1. The van der Waals surface area contributed by atoms with Gasteiger partial charge in [0.1, 0.15) is 5.82 Å². The van der Waals surface area contributed by atoms with Gasteiger partial charge in [0, 0.05) is 43.4 Å². The van der Waals surface area contributed by atoms with Gasteiger partial charge in [-0.1, -0.05) is 11.6 Å². The Balaban J connectivity index is 1.59. The molecule has 0 atom stereocenters. The number of halogens is 1. The van der Waals surface area contributed by atoms with E-state index in [0.717, 1.165) is 18.8 Å². The molecule has 0 spiro atoms. The monoisotopic (exact) mass is 360 g/mol. The number of hydrogen-bond acceptors (Lipinski definition) is 4. The van der Waals surface area contributed by atoms with Gasteiger partial charge >= 0.3 is 0 Å². The highest BCUT2D eigenvalue weighted by atomic mass is 35.5. The van der Waals surface area contributed by atoms with Crippen LogP contribution in [0.25, 0.3) is 0 Å². The summed E-state index contributed by atoms with van der Waals surface area (Å²) < 4.78 is 0. The van der Waals surface area contributed by atoms with Crippen LogP contribution in [-0.4, -0.2) is 35.5 Å². The van der Waals surface area contributed by atoms with Crippen molar-refractivity contribution in [3.63, 3.8) is 0 Å². The molecule has 132 valence electrons. The first-order valence-electron chi connectivity index (χ1n) is 8.42. The topological polar surface area (TPSA) is 78.1 Å². The summed E-state index contributed by atoms with van der Waals surface area (Å²) in [7, 11) is 0. The van der Waals surface area contributed by atoms with Gasteiger partial charge in [0.05, 0.1) is 10.7 Å². The zero-order valence-electron chi connectivity index (χ0n) is 14.1. The number of aromatic nitrogens is 2. The number of carbonyl (C=O) groups is 1. The molecule has 25 heavy (non-hydrogen) atoms. The van der Waals surface area contributed by atoms with Crippen molar-refractivity contribution in [3.05, 3.63) is 56.7 Å². The summed E-state index contributed by atoms with van der Waals surface area (Å²) >= 11 is 6.35. The minimum atomic E-state index is -0.190.